The normalized spacial score (nSPS) is 15.1. The van der Waals surface area contributed by atoms with E-state index in [4.69, 9.17) is 11.6 Å². The molecule has 0 atom stereocenters. The number of rotatable bonds is 4. The summed E-state index contributed by atoms with van der Waals surface area (Å²) in [7, 11) is 1.52. The van der Waals surface area contributed by atoms with Gasteiger partial charge in [-0.2, -0.15) is 13.2 Å². The maximum Gasteiger partial charge on any atom is 0.438 e. The minimum absolute atomic E-state index is 0.0813. The summed E-state index contributed by atoms with van der Waals surface area (Å²) in [4.78, 5) is 37.6. The molecular weight excluding hydrogens is 461 g/mol. The third-order valence-corrected chi connectivity index (χ3v) is 5.71. The Balaban J connectivity index is 1.43. The number of pyridine rings is 1. The van der Waals surface area contributed by atoms with Crippen molar-refractivity contribution >= 4 is 34.2 Å². The fraction of sp³-hybridized carbons (Fsp3) is 0.333. The first-order valence-corrected chi connectivity index (χ1v) is 10.5. The van der Waals surface area contributed by atoms with Gasteiger partial charge in [0.1, 0.15) is 5.69 Å². The van der Waals surface area contributed by atoms with Crippen LogP contribution in [0.5, 0.6) is 0 Å². The van der Waals surface area contributed by atoms with Crippen molar-refractivity contribution in [3.63, 3.8) is 0 Å². The second-order valence-electron chi connectivity index (χ2n) is 7.61. The van der Waals surface area contributed by atoms with Crippen LogP contribution in [0, 0.1) is 0 Å². The monoisotopic (exact) mass is 480 g/mol. The number of nitrogens with zero attached hydrogens (tertiary/aromatic N) is 4. The van der Waals surface area contributed by atoms with Gasteiger partial charge in [-0.15, -0.1) is 0 Å². The molecule has 4 rings (SSSR count). The zero-order chi connectivity index (χ0) is 23.8. The smallest absolute Gasteiger partial charge is 0.366 e. The fourth-order valence-corrected chi connectivity index (χ4v) is 4.02. The van der Waals surface area contributed by atoms with Gasteiger partial charge < -0.3 is 15.2 Å². The van der Waals surface area contributed by atoms with Crippen molar-refractivity contribution in [3.05, 3.63) is 62.8 Å². The van der Waals surface area contributed by atoms with Crippen molar-refractivity contribution in [2.45, 2.75) is 12.7 Å². The summed E-state index contributed by atoms with van der Waals surface area (Å²) < 4.78 is 38.7. The Labute approximate surface area is 191 Å². The Hall–Kier alpha value is -3.18. The Morgan fingerprint density at radius 2 is 1.88 bits per heavy atom. The molecule has 1 aromatic carbocycles. The van der Waals surface area contributed by atoms with E-state index < -0.39 is 17.4 Å². The summed E-state index contributed by atoms with van der Waals surface area (Å²) in [6.45, 7) is 3.36. The van der Waals surface area contributed by atoms with Crippen LogP contribution in [-0.2, 0) is 12.7 Å². The van der Waals surface area contributed by atoms with Crippen molar-refractivity contribution in [2.75, 3.05) is 38.1 Å². The van der Waals surface area contributed by atoms with E-state index in [-0.39, 0.29) is 27.8 Å². The maximum absolute atomic E-state index is 12.9. The number of aromatic amines is 1. The molecule has 0 aliphatic carbocycles. The van der Waals surface area contributed by atoms with Crippen molar-refractivity contribution in [2.24, 2.45) is 0 Å². The number of halogens is 4. The minimum Gasteiger partial charge on any atom is -0.366 e. The van der Waals surface area contributed by atoms with Gasteiger partial charge in [0.25, 0.3) is 11.5 Å². The van der Waals surface area contributed by atoms with Gasteiger partial charge in [0.05, 0.1) is 16.7 Å². The van der Waals surface area contributed by atoms with Crippen LogP contribution in [0.15, 0.2) is 35.1 Å². The lowest BCUT2D eigenvalue weighted by Gasteiger charge is -2.36. The van der Waals surface area contributed by atoms with Crippen molar-refractivity contribution < 1.29 is 18.0 Å². The molecule has 0 bridgehead atoms. The van der Waals surface area contributed by atoms with Crippen LogP contribution in [0.3, 0.4) is 0 Å². The first kappa shape index (κ1) is 23.0. The van der Waals surface area contributed by atoms with Crippen molar-refractivity contribution in [1.29, 1.82) is 0 Å². The number of carbonyl (C=O) groups excluding carboxylic acids is 1. The van der Waals surface area contributed by atoms with E-state index in [1.807, 2.05) is 0 Å². The summed E-state index contributed by atoms with van der Waals surface area (Å²) in [6, 6.07) is 8.23. The molecule has 0 unspecified atom stereocenters. The molecule has 12 heteroatoms. The molecule has 33 heavy (non-hydrogen) atoms. The summed E-state index contributed by atoms with van der Waals surface area (Å²) in [5, 5.41) is 2.76. The van der Waals surface area contributed by atoms with Crippen molar-refractivity contribution in [3.8, 4) is 0 Å². The van der Waals surface area contributed by atoms with E-state index in [2.05, 4.69) is 30.1 Å². The molecule has 0 saturated carbocycles. The first-order valence-electron chi connectivity index (χ1n) is 10.1. The highest BCUT2D eigenvalue weighted by molar-refractivity contribution is 6.32. The molecule has 1 aliphatic rings. The number of fused-ring (bicyclic) bond motifs is 1. The zero-order valence-corrected chi connectivity index (χ0v) is 18.3. The molecule has 0 radical (unpaired) electrons. The number of amides is 1. The highest BCUT2D eigenvalue weighted by Gasteiger charge is 2.36. The number of H-pyrrole nitrogens is 1. The van der Waals surface area contributed by atoms with E-state index >= 15 is 0 Å². The quantitative estimate of drug-likeness (QED) is 0.558. The van der Waals surface area contributed by atoms with Gasteiger partial charge in [-0.25, -0.2) is 9.97 Å². The number of benzene rings is 1. The Kier molecular flexibility index (Phi) is 6.26. The molecule has 174 valence electrons. The molecule has 8 nitrogen and oxygen atoms in total. The second-order valence-corrected chi connectivity index (χ2v) is 7.97. The highest BCUT2D eigenvalue weighted by atomic mass is 35.5. The van der Waals surface area contributed by atoms with Crippen LogP contribution in [-0.4, -0.2) is 59.0 Å². The number of anilines is 1. The van der Waals surface area contributed by atoms with E-state index in [1.54, 1.807) is 24.3 Å². The number of hydrogen-bond donors (Lipinski definition) is 2. The highest BCUT2D eigenvalue weighted by Crippen LogP contribution is 2.27. The Morgan fingerprint density at radius 1 is 1.15 bits per heavy atom. The minimum atomic E-state index is -4.80. The van der Waals surface area contributed by atoms with Gasteiger partial charge in [0, 0.05) is 39.8 Å². The molecule has 2 N–H and O–H groups in total. The van der Waals surface area contributed by atoms with E-state index in [0.717, 1.165) is 11.3 Å². The third kappa shape index (κ3) is 4.93. The largest absolute Gasteiger partial charge is 0.438 e. The van der Waals surface area contributed by atoms with Gasteiger partial charge in [-0.1, -0.05) is 17.7 Å². The lowest BCUT2D eigenvalue weighted by atomic mass is 10.1. The SMILES string of the molecule is CNC(=O)c1ccc(N2CCN(Cc3ccc4nc(C(F)(F)F)c(=O)[nH]c4c3)CC2)c(Cl)n1. The van der Waals surface area contributed by atoms with Gasteiger partial charge in [-0.3, -0.25) is 14.5 Å². The van der Waals surface area contributed by atoms with Gasteiger partial charge >= 0.3 is 6.18 Å². The average Bonchev–Trinajstić information content (AvgIpc) is 2.78. The van der Waals surface area contributed by atoms with Crippen LogP contribution in [0.4, 0.5) is 18.9 Å². The summed E-state index contributed by atoms with van der Waals surface area (Å²) >= 11 is 6.29. The van der Waals surface area contributed by atoms with Crippen LogP contribution < -0.4 is 15.8 Å². The second kappa shape index (κ2) is 8.99. The topological polar surface area (TPSA) is 94.2 Å². The van der Waals surface area contributed by atoms with Crippen LogP contribution >= 0.6 is 11.6 Å². The number of nitrogens with one attached hydrogen (secondary N) is 2. The molecule has 1 amide bonds. The average molecular weight is 481 g/mol. The summed E-state index contributed by atoms with van der Waals surface area (Å²) in [6.07, 6.45) is -4.80. The van der Waals surface area contributed by atoms with Crippen molar-refractivity contribution in [1.82, 2.24) is 25.2 Å². The van der Waals surface area contributed by atoms with Gasteiger partial charge in [-0.05, 0) is 29.8 Å². The lowest BCUT2D eigenvalue weighted by Crippen LogP contribution is -2.46. The Bertz CT molecular complexity index is 1250. The molecule has 2 aromatic heterocycles. The first-order chi connectivity index (χ1) is 15.7. The van der Waals surface area contributed by atoms with Gasteiger partial charge in [0.15, 0.2) is 5.15 Å². The van der Waals surface area contributed by atoms with Gasteiger partial charge in [0.2, 0.25) is 5.69 Å². The Morgan fingerprint density at radius 3 is 2.52 bits per heavy atom. The zero-order valence-electron chi connectivity index (χ0n) is 17.5. The van der Waals surface area contributed by atoms with E-state index in [1.165, 1.54) is 13.1 Å². The maximum atomic E-state index is 12.9. The predicted octanol–water partition coefficient (Wildman–Crippen LogP) is 2.67. The number of piperazine rings is 1. The number of aromatic nitrogens is 3. The van der Waals surface area contributed by atoms with Crippen LogP contribution in [0.25, 0.3) is 11.0 Å². The predicted molar refractivity (Wildman–Crippen MR) is 117 cm³/mol. The third-order valence-electron chi connectivity index (χ3n) is 5.43. The van der Waals surface area contributed by atoms with Crippen LogP contribution in [0.2, 0.25) is 5.15 Å². The number of alkyl halides is 3. The molecular formula is C21H20ClF3N6O2. The standard InChI is InChI=1S/C21H20ClF3N6O2/c1-26-19(32)14-4-5-16(18(22)28-14)31-8-6-30(7-9-31)11-12-2-3-13-15(10-12)29-20(33)17(27-13)21(23,24)25/h2-5,10H,6-9,11H2,1H3,(H,26,32)(H,29,33). The number of carbonyl (C=O) groups is 1. The van der Waals surface area contributed by atoms with Crippen LogP contribution in [0.1, 0.15) is 21.7 Å². The molecule has 1 aliphatic heterocycles. The molecule has 3 heterocycles. The van der Waals surface area contributed by atoms with E-state index in [9.17, 15) is 22.8 Å². The molecule has 1 saturated heterocycles. The molecule has 1 fully saturated rings. The fourth-order valence-electron chi connectivity index (χ4n) is 3.75. The summed E-state index contributed by atoms with van der Waals surface area (Å²) in [5.41, 5.74) is -0.516. The lowest BCUT2D eigenvalue weighted by molar-refractivity contribution is -0.142. The molecule has 3 aromatic rings. The molecule has 0 spiro atoms. The van der Waals surface area contributed by atoms with E-state index in [0.29, 0.717) is 32.7 Å². The number of hydrogen-bond acceptors (Lipinski definition) is 6. The summed E-state index contributed by atoms with van der Waals surface area (Å²) in [5.74, 6) is -0.310.